The number of carbonyl (C=O) groups excluding carboxylic acids is 2. The van der Waals surface area contributed by atoms with Crippen molar-refractivity contribution in [2.24, 2.45) is 0 Å². The Morgan fingerprint density at radius 2 is 2.11 bits per heavy atom. The van der Waals surface area contributed by atoms with Crippen LogP contribution in [0.4, 0.5) is 4.79 Å². The van der Waals surface area contributed by atoms with Gasteiger partial charge in [-0.2, -0.15) is 0 Å². The third kappa shape index (κ3) is 4.99. The minimum Gasteiger partial charge on any atom is -0.449 e. The van der Waals surface area contributed by atoms with Crippen molar-refractivity contribution >= 4 is 23.6 Å². The predicted molar refractivity (Wildman–Crippen MR) is 98.7 cm³/mol. The van der Waals surface area contributed by atoms with Gasteiger partial charge in [-0.25, -0.2) is 15.2 Å². The Morgan fingerprint density at radius 3 is 2.85 bits per heavy atom. The lowest BCUT2D eigenvalue weighted by Gasteiger charge is -2.22. The molecule has 144 valence electrons. The van der Waals surface area contributed by atoms with Gasteiger partial charge in [0.2, 0.25) is 5.89 Å². The first-order chi connectivity index (χ1) is 13.1. The lowest BCUT2D eigenvalue weighted by molar-refractivity contribution is -0.126. The highest BCUT2D eigenvalue weighted by molar-refractivity contribution is 6.30. The van der Waals surface area contributed by atoms with Gasteiger partial charge in [0.05, 0.1) is 25.4 Å². The number of aromatic nitrogens is 1. The van der Waals surface area contributed by atoms with Gasteiger partial charge in [0, 0.05) is 10.6 Å². The molecule has 1 saturated heterocycles. The van der Waals surface area contributed by atoms with Gasteiger partial charge in [-0.1, -0.05) is 11.6 Å². The van der Waals surface area contributed by atoms with E-state index in [1.165, 1.54) is 0 Å². The van der Waals surface area contributed by atoms with Crippen LogP contribution < -0.4 is 10.9 Å². The predicted octanol–water partition coefficient (Wildman–Crippen LogP) is 2.74. The van der Waals surface area contributed by atoms with Crippen LogP contribution in [0.3, 0.4) is 0 Å². The highest BCUT2D eigenvalue weighted by Gasteiger charge is 2.32. The van der Waals surface area contributed by atoms with E-state index in [0.29, 0.717) is 29.6 Å². The summed E-state index contributed by atoms with van der Waals surface area (Å²) in [5.41, 5.74) is 5.51. The maximum atomic E-state index is 12.3. The third-order valence-electron chi connectivity index (χ3n) is 4.25. The largest absolute Gasteiger partial charge is 0.449 e. The molecule has 9 heteroatoms. The third-order valence-corrected chi connectivity index (χ3v) is 4.50. The van der Waals surface area contributed by atoms with E-state index >= 15 is 0 Å². The molecule has 3 rings (SSSR count). The molecule has 1 aliphatic rings. The van der Waals surface area contributed by atoms with Gasteiger partial charge in [-0.3, -0.25) is 15.1 Å². The molecule has 2 aromatic rings. The Kier molecular flexibility index (Phi) is 6.31. The van der Waals surface area contributed by atoms with Gasteiger partial charge in [0.1, 0.15) is 0 Å². The summed E-state index contributed by atoms with van der Waals surface area (Å²) in [7, 11) is 0. The number of carbonyl (C=O) groups is 2. The van der Waals surface area contributed by atoms with Crippen LogP contribution in [0.5, 0.6) is 0 Å². The molecule has 1 atom stereocenters. The fourth-order valence-electron chi connectivity index (χ4n) is 2.98. The molecular weight excluding hydrogens is 372 g/mol. The van der Waals surface area contributed by atoms with Crippen molar-refractivity contribution in [3.8, 4) is 11.3 Å². The van der Waals surface area contributed by atoms with E-state index in [0.717, 1.165) is 18.5 Å². The molecule has 1 unspecified atom stereocenters. The molecule has 0 bridgehead atoms. The normalized spacial score (nSPS) is 16.9. The number of nitrogens with zero attached hydrogens (tertiary/aromatic N) is 2. The van der Waals surface area contributed by atoms with E-state index in [1.807, 2.05) is 17.0 Å². The van der Waals surface area contributed by atoms with E-state index in [2.05, 4.69) is 15.8 Å². The molecule has 27 heavy (non-hydrogen) atoms. The topological polar surface area (TPSA) is 96.7 Å². The highest BCUT2D eigenvalue weighted by Crippen LogP contribution is 2.25. The van der Waals surface area contributed by atoms with Crippen LogP contribution in [-0.4, -0.2) is 41.1 Å². The van der Waals surface area contributed by atoms with Crippen molar-refractivity contribution in [3.63, 3.8) is 0 Å². The van der Waals surface area contributed by atoms with Crippen molar-refractivity contribution in [1.29, 1.82) is 0 Å². The second-order valence-corrected chi connectivity index (χ2v) is 6.52. The smallest absolute Gasteiger partial charge is 0.426 e. The number of amides is 2. The van der Waals surface area contributed by atoms with E-state index < -0.39 is 6.09 Å². The minimum absolute atomic E-state index is 0.234. The average Bonchev–Trinajstić information content (AvgIpc) is 3.31. The number of hydrazine groups is 1. The summed E-state index contributed by atoms with van der Waals surface area (Å²) in [6.07, 6.45) is 2.55. The summed E-state index contributed by atoms with van der Waals surface area (Å²) in [5.74, 6) is 0.883. The maximum Gasteiger partial charge on any atom is 0.426 e. The van der Waals surface area contributed by atoms with Crippen molar-refractivity contribution < 1.29 is 18.7 Å². The number of likely N-dealkylation sites (tertiary alicyclic amines) is 1. The van der Waals surface area contributed by atoms with Crippen LogP contribution in [-0.2, 0) is 16.1 Å². The number of benzene rings is 1. The number of hydrogen-bond donors (Lipinski definition) is 2. The van der Waals surface area contributed by atoms with E-state index in [1.54, 1.807) is 25.3 Å². The number of rotatable bonds is 5. The molecule has 1 aromatic heterocycles. The zero-order chi connectivity index (χ0) is 19.2. The fourth-order valence-corrected chi connectivity index (χ4v) is 3.11. The van der Waals surface area contributed by atoms with Gasteiger partial charge in [-0.15, -0.1) is 0 Å². The Balaban J connectivity index is 1.59. The lowest BCUT2D eigenvalue weighted by Crippen LogP contribution is -2.50. The molecule has 2 N–H and O–H groups in total. The minimum atomic E-state index is -0.685. The molecule has 1 aliphatic heterocycles. The molecule has 1 fully saturated rings. The zero-order valence-electron chi connectivity index (χ0n) is 14.9. The summed E-state index contributed by atoms with van der Waals surface area (Å²) in [5, 5.41) is 0.654. The van der Waals surface area contributed by atoms with Gasteiger partial charge >= 0.3 is 6.09 Å². The molecule has 2 heterocycles. The van der Waals surface area contributed by atoms with E-state index in [4.69, 9.17) is 20.8 Å². The summed E-state index contributed by atoms with van der Waals surface area (Å²) >= 11 is 5.90. The molecule has 0 saturated carbocycles. The standard InChI is InChI=1S/C18H21ClN4O4/c1-2-26-18(25)22-21-17(24)14-4-3-9-23(14)11-16-20-10-15(27-16)12-5-7-13(19)8-6-12/h5-8,10,14H,2-4,9,11H2,1H3,(H,21,24)(H,22,25). The number of hydrogen-bond acceptors (Lipinski definition) is 6. The molecule has 0 aliphatic carbocycles. The van der Waals surface area contributed by atoms with Crippen molar-refractivity contribution in [2.45, 2.75) is 32.4 Å². The number of ether oxygens (including phenoxy) is 1. The van der Waals surface area contributed by atoms with Crippen molar-refractivity contribution in [1.82, 2.24) is 20.7 Å². The Labute approximate surface area is 161 Å². The lowest BCUT2D eigenvalue weighted by atomic mass is 10.2. The van der Waals surface area contributed by atoms with Crippen LogP contribution >= 0.6 is 11.6 Å². The quantitative estimate of drug-likeness (QED) is 0.759. The summed E-state index contributed by atoms with van der Waals surface area (Å²) in [6, 6.07) is 6.93. The van der Waals surface area contributed by atoms with Crippen LogP contribution in [0.2, 0.25) is 5.02 Å². The molecule has 8 nitrogen and oxygen atoms in total. The first-order valence-electron chi connectivity index (χ1n) is 8.74. The second-order valence-electron chi connectivity index (χ2n) is 6.09. The average molecular weight is 393 g/mol. The SMILES string of the molecule is CCOC(=O)NNC(=O)C1CCCN1Cc1ncc(-c2ccc(Cl)cc2)o1. The van der Waals surface area contributed by atoms with Gasteiger partial charge < -0.3 is 9.15 Å². The highest BCUT2D eigenvalue weighted by atomic mass is 35.5. The van der Waals surface area contributed by atoms with E-state index in [9.17, 15) is 9.59 Å². The van der Waals surface area contributed by atoms with Crippen LogP contribution in [0, 0.1) is 0 Å². The van der Waals surface area contributed by atoms with E-state index in [-0.39, 0.29) is 18.6 Å². The summed E-state index contributed by atoms with van der Waals surface area (Å²) in [4.78, 5) is 29.9. The Morgan fingerprint density at radius 1 is 1.33 bits per heavy atom. The van der Waals surface area contributed by atoms with Crippen LogP contribution in [0.25, 0.3) is 11.3 Å². The van der Waals surface area contributed by atoms with Gasteiger partial charge in [-0.05, 0) is 50.6 Å². The number of nitrogens with one attached hydrogen (secondary N) is 2. The second kappa shape index (κ2) is 8.88. The van der Waals surface area contributed by atoms with Crippen molar-refractivity contribution in [3.05, 3.63) is 41.4 Å². The van der Waals surface area contributed by atoms with Crippen molar-refractivity contribution in [2.75, 3.05) is 13.2 Å². The Bertz CT molecular complexity index is 793. The number of halogens is 1. The number of oxazole rings is 1. The van der Waals surface area contributed by atoms with Gasteiger partial charge in [0.15, 0.2) is 5.76 Å². The molecule has 0 radical (unpaired) electrons. The van der Waals surface area contributed by atoms with Gasteiger partial charge in [0.25, 0.3) is 5.91 Å². The first-order valence-corrected chi connectivity index (χ1v) is 9.12. The molecule has 0 spiro atoms. The monoisotopic (exact) mass is 392 g/mol. The molecular formula is C18H21ClN4O4. The van der Waals surface area contributed by atoms with Crippen LogP contribution in [0.15, 0.2) is 34.9 Å². The van der Waals surface area contributed by atoms with Crippen LogP contribution in [0.1, 0.15) is 25.7 Å². The molecule has 2 amide bonds. The first kappa shape index (κ1) is 19.2. The summed E-state index contributed by atoms with van der Waals surface area (Å²) in [6.45, 7) is 3.08. The summed E-state index contributed by atoms with van der Waals surface area (Å²) < 4.78 is 10.5. The Hall–Kier alpha value is -2.58. The zero-order valence-corrected chi connectivity index (χ0v) is 15.7. The fraction of sp³-hybridized carbons (Fsp3) is 0.389. The molecule has 1 aromatic carbocycles. The maximum absolute atomic E-state index is 12.3.